The Balaban J connectivity index is 2.07. The minimum absolute atomic E-state index is 0.120. The summed E-state index contributed by atoms with van der Waals surface area (Å²) in [6.45, 7) is 1.27. The van der Waals surface area contributed by atoms with Crippen molar-refractivity contribution < 1.29 is 18.3 Å². The Labute approximate surface area is 77.5 Å². The molecule has 2 unspecified atom stereocenters. The normalized spacial score (nSPS) is 22.7. The van der Waals surface area contributed by atoms with E-state index in [4.69, 9.17) is 19.0 Å². The van der Waals surface area contributed by atoms with Crippen LogP contribution >= 0.6 is 8.25 Å². The third-order valence-electron chi connectivity index (χ3n) is 1.53. The molecule has 0 N–H and O–H groups in total. The number of hydrogen-bond donors (Lipinski definition) is 0. The molecule has 0 aliphatic carbocycles. The van der Waals surface area contributed by atoms with Crippen LogP contribution < -0.4 is 0 Å². The van der Waals surface area contributed by atoms with Crippen molar-refractivity contribution in [1.82, 2.24) is 0 Å². The molecule has 0 radical (unpaired) electrons. The molecule has 0 amide bonds. The van der Waals surface area contributed by atoms with Gasteiger partial charge in [0.1, 0.15) is 12.7 Å². The molecule has 72 valence electrons. The molecule has 1 heterocycles. The van der Waals surface area contributed by atoms with Gasteiger partial charge in [-0.2, -0.15) is 5.26 Å². The van der Waals surface area contributed by atoms with Crippen LogP contribution in [0.4, 0.5) is 0 Å². The van der Waals surface area contributed by atoms with Crippen molar-refractivity contribution in [3.63, 3.8) is 0 Å². The van der Waals surface area contributed by atoms with Crippen molar-refractivity contribution in [1.29, 1.82) is 5.26 Å². The maximum Gasteiger partial charge on any atom is 0.697 e. The highest BCUT2D eigenvalue weighted by molar-refractivity contribution is 7.33. The van der Waals surface area contributed by atoms with E-state index < -0.39 is 8.25 Å². The molecular weight excluding hydrogens is 193 g/mol. The molecule has 1 rings (SSSR count). The van der Waals surface area contributed by atoms with E-state index in [0.717, 1.165) is 6.42 Å². The molecule has 1 aliphatic rings. The van der Waals surface area contributed by atoms with E-state index in [1.54, 1.807) is 0 Å². The lowest BCUT2D eigenvalue weighted by Gasteiger charge is -1.95. The predicted octanol–water partition coefficient (Wildman–Crippen LogP) is 1.38. The summed E-state index contributed by atoms with van der Waals surface area (Å²) in [5.41, 5.74) is 0. The third kappa shape index (κ3) is 4.30. The molecular formula is C7H11NO4P+. The van der Waals surface area contributed by atoms with E-state index in [0.29, 0.717) is 13.2 Å². The van der Waals surface area contributed by atoms with E-state index in [1.165, 1.54) is 0 Å². The highest BCUT2D eigenvalue weighted by atomic mass is 31.1. The van der Waals surface area contributed by atoms with Crippen LogP contribution in [-0.2, 0) is 18.3 Å². The Morgan fingerprint density at radius 2 is 2.54 bits per heavy atom. The maximum atomic E-state index is 11.0. The zero-order valence-electron chi connectivity index (χ0n) is 7.14. The lowest BCUT2D eigenvalue weighted by atomic mass is 10.3. The Kier molecular flexibility index (Phi) is 4.87. The van der Waals surface area contributed by atoms with Gasteiger partial charge in [-0.15, -0.1) is 9.05 Å². The SMILES string of the molecule is N#CCCO[P+](=O)OC1CCOC1. The van der Waals surface area contributed by atoms with Crippen LogP contribution in [0.3, 0.4) is 0 Å². The molecule has 0 spiro atoms. The van der Waals surface area contributed by atoms with Crippen LogP contribution in [0.2, 0.25) is 0 Å². The van der Waals surface area contributed by atoms with Crippen LogP contribution in [0.1, 0.15) is 12.8 Å². The van der Waals surface area contributed by atoms with Crippen LogP contribution in [0.5, 0.6) is 0 Å². The lowest BCUT2D eigenvalue weighted by molar-refractivity contribution is 0.128. The average Bonchev–Trinajstić information content (AvgIpc) is 2.57. The second kappa shape index (κ2) is 6.01. The average molecular weight is 204 g/mol. The summed E-state index contributed by atoms with van der Waals surface area (Å²) in [5, 5.41) is 8.18. The van der Waals surface area contributed by atoms with Crippen molar-refractivity contribution in [3.05, 3.63) is 0 Å². The van der Waals surface area contributed by atoms with E-state index in [-0.39, 0.29) is 19.1 Å². The van der Waals surface area contributed by atoms with Gasteiger partial charge >= 0.3 is 8.25 Å². The summed E-state index contributed by atoms with van der Waals surface area (Å²) < 4.78 is 25.8. The van der Waals surface area contributed by atoms with Gasteiger partial charge in [-0.05, 0) is 0 Å². The quantitative estimate of drug-likeness (QED) is 0.499. The molecule has 2 atom stereocenters. The van der Waals surface area contributed by atoms with Crippen molar-refractivity contribution in [2.24, 2.45) is 0 Å². The molecule has 0 saturated carbocycles. The van der Waals surface area contributed by atoms with Crippen molar-refractivity contribution in [2.45, 2.75) is 18.9 Å². The Morgan fingerprint density at radius 1 is 1.69 bits per heavy atom. The van der Waals surface area contributed by atoms with Gasteiger partial charge in [0, 0.05) is 17.6 Å². The summed E-state index contributed by atoms with van der Waals surface area (Å²) in [6, 6.07) is 1.88. The Bertz CT molecular complexity index is 209. The van der Waals surface area contributed by atoms with Gasteiger partial charge in [-0.1, -0.05) is 0 Å². The molecule has 13 heavy (non-hydrogen) atoms. The standard InChI is InChI=1S/C7H11NO4P/c8-3-1-4-11-13(9)12-7-2-5-10-6-7/h7H,1-2,4-6H2/q+1. The van der Waals surface area contributed by atoms with Gasteiger partial charge in [0.15, 0.2) is 0 Å². The van der Waals surface area contributed by atoms with Gasteiger partial charge in [-0.25, -0.2) is 0 Å². The molecule has 5 nitrogen and oxygen atoms in total. The zero-order valence-corrected chi connectivity index (χ0v) is 8.03. The fraction of sp³-hybridized carbons (Fsp3) is 0.857. The number of nitrogens with zero attached hydrogens (tertiary/aromatic N) is 1. The first kappa shape index (κ1) is 10.6. The lowest BCUT2D eigenvalue weighted by Crippen LogP contribution is -2.07. The number of rotatable bonds is 5. The summed E-state index contributed by atoms with van der Waals surface area (Å²) in [7, 11) is -2.08. The number of ether oxygens (including phenoxy) is 1. The molecule has 1 saturated heterocycles. The fourth-order valence-corrected chi connectivity index (χ4v) is 1.62. The second-order valence-electron chi connectivity index (χ2n) is 2.56. The van der Waals surface area contributed by atoms with Crippen LogP contribution in [0.15, 0.2) is 0 Å². The Hall–Kier alpha value is -0.530. The van der Waals surface area contributed by atoms with Crippen molar-refractivity contribution in [2.75, 3.05) is 19.8 Å². The zero-order chi connectivity index (χ0) is 9.52. The van der Waals surface area contributed by atoms with E-state index in [1.807, 2.05) is 6.07 Å². The third-order valence-corrected chi connectivity index (χ3v) is 2.40. The molecule has 1 aliphatic heterocycles. The van der Waals surface area contributed by atoms with Crippen LogP contribution in [-0.4, -0.2) is 25.9 Å². The molecule has 0 bridgehead atoms. The van der Waals surface area contributed by atoms with Gasteiger partial charge < -0.3 is 4.74 Å². The first-order valence-corrected chi connectivity index (χ1v) is 5.14. The Morgan fingerprint density at radius 3 is 3.15 bits per heavy atom. The van der Waals surface area contributed by atoms with Crippen LogP contribution in [0, 0.1) is 11.3 Å². The van der Waals surface area contributed by atoms with Crippen molar-refractivity contribution in [3.8, 4) is 6.07 Å². The summed E-state index contributed by atoms with van der Waals surface area (Å²) >= 11 is 0. The van der Waals surface area contributed by atoms with Crippen LogP contribution in [0.25, 0.3) is 0 Å². The first-order valence-electron chi connectivity index (χ1n) is 4.04. The predicted molar refractivity (Wildman–Crippen MR) is 44.1 cm³/mol. The maximum absolute atomic E-state index is 11.0. The molecule has 0 aromatic carbocycles. The largest absolute Gasteiger partial charge is 0.697 e. The van der Waals surface area contributed by atoms with E-state index >= 15 is 0 Å². The van der Waals surface area contributed by atoms with E-state index in [9.17, 15) is 4.57 Å². The minimum atomic E-state index is -2.08. The molecule has 6 heteroatoms. The minimum Gasteiger partial charge on any atom is -0.378 e. The summed E-state index contributed by atoms with van der Waals surface area (Å²) in [5.74, 6) is 0. The smallest absolute Gasteiger partial charge is 0.378 e. The van der Waals surface area contributed by atoms with E-state index in [2.05, 4.69) is 0 Å². The monoisotopic (exact) mass is 204 g/mol. The van der Waals surface area contributed by atoms with Gasteiger partial charge in [0.05, 0.1) is 19.1 Å². The highest BCUT2D eigenvalue weighted by Gasteiger charge is 2.29. The van der Waals surface area contributed by atoms with Gasteiger partial charge in [-0.3, -0.25) is 0 Å². The topological polar surface area (TPSA) is 68.5 Å². The number of hydrogen-bond acceptors (Lipinski definition) is 5. The first-order chi connectivity index (χ1) is 6.33. The summed E-state index contributed by atoms with van der Waals surface area (Å²) in [4.78, 5) is 0. The molecule has 1 fully saturated rings. The fourth-order valence-electron chi connectivity index (χ4n) is 0.914. The molecule has 0 aromatic heterocycles. The van der Waals surface area contributed by atoms with Crippen molar-refractivity contribution >= 4 is 8.25 Å². The molecule has 0 aromatic rings. The summed E-state index contributed by atoms with van der Waals surface area (Å²) in [6.07, 6.45) is 0.861. The van der Waals surface area contributed by atoms with Gasteiger partial charge in [0.2, 0.25) is 0 Å². The number of nitriles is 1. The second-order valence-corrected chi connectivity index (χ2v) is 3.47. The van der Waals surface area contributed by atoms with Gasteiger partial charge in [0.25, 0.3) is 0 Å². The highest BCUT2D eigenvalue weighted by Crippen LogP contribution is 2.28.